The van der Waals surface area contributed by atoms with Gasteiger partial charge in [0.05, 0.1) is 5.69 Å². The molecule has 0 saturated heterocycles. The van der Waals surface area contributed by atoms with E-state index in [0.717, 1.165) is 5.56 Å². The lowest BCUT2D eigenvalue weighted by molar-refractivity contribution is 0.102. The van der Waals surface area contributed by atoms with Gasteiger partial charge in [0.15, 0.2) is 0 Å². The Balaban J connectivity index is 2.36. The molecule has 0 fully saturated rings. The lowest BCUT2D eigenvalue weighted by atomic mass is 10.1. The zero-order valence-electron chi connectivity index (χ0n) is 11.6. The summed E-state index contributed by atoms with van der Waals surface area (Å²) in [6.07, 6.45) is 0. The fraction of sp³-hybridized carbons (Fsp3) is 0.133. The number of carbonyl (C=O) groups excluding carboxylic acids is 1. The molecule has 0 aliphatic rings. The second kappa shape index (κ2) is 5.67. The topological polar surface area (TPSA) is 83.5 Å². The summed E-state index contributed by atoms with van der Waals surface area (Å²) in [7, 11) is -4.41. The maximum Gasteiger partial charge on any atom is 0.296 e. The Bertz CT molecular complexity index is 780. The fourth-order valence-electron chi connectivity index (χ4n) is 1.85. The molecule has 0 aromatic heterocycles. The number of anilines is 1. The third kappa shape index (κ3) is 3.68. The Morgan fingerprint density at radius 2 is 1.57 bits per heavy atom. The van der Waals surface area contributed by atoms with Crippen molar-refractivity contribution in [2.24, 2.45) is 0 Å². The lowest BCUT2D eigenvalue weighted by Gasteiger charge is -2.10. The molecule has 5 nitrogen and oxygen atoms in total. The number of hydrogen-bond acceptors (Lipinski definition) is 3. The minimum absolute atomic E-state index is 0.0497. The van der Waals surface area contributed by atoms with Gasteiger partial charge in [0, 0.05) is 5.56 Å². The van der Waals surface area contributed by atoms with Gasteiger partial charge in [-0.2, -0.15) is 8.42 Å². The SMILES string of the molecule is Cc1ccc(C(=O)Nc2ccc(C)cc2S(=O)(=O)O)cc1. The highest BCUT2D eigenvalue weighted by molar-refractivity contribution is 7.86. The fourth-order valence-corrected chi connectivity index (χ4v) is 2.58. The van der Waals surface area contributed by atoms with Crippen molar-refractivity contribution in [3.8, 4) is 0 Å². The van der Waals surface area contributed by atoms with Crippen LogP contribution in [0.15, 0.2) is 47.4 Å². The van der Waals surface area contributed by atoms with E-state index < -0.39 is 16.0 Å². The van der Waals surface area contributed by atoms with Crippen LogP contribution in [0.5, 0.6) is 0 Å². The predicted octanol–water partition coefficient (Wildman–Crippen LogP) is 2.80. The van der Waals surface area contributed by atoms with Crippen LogP contribution in [0.25, 0.3) is 0 Å². The number of rotatable bonds is 3. The van der Waals surface area contributed by atoms with Crippen LogP contribution in [0.1, 0.15) is 21.5 Å². The number of amides is 1. The van der Waals surface area contributed by atoms with Crippen molar-refractivity contribution < 1.29 is 17.8 Å². The van der Waals surface area contributed by atoms with Gasteiger partial charge in [-0.1, -0.05) is 23.8 Å². The van der Waals surface area contributed by atoms with Crippen LogP contribution in [-0.2, 0) is 10.1 Å². The van der Waals surface area contributed by atoms with E-state index >= 15 is 0 Å². The first kappa shape index (κ1) is 15.2. The van der Waals surface area contributed by atoms with Crippen LogP contribution in [0.4, 0.5) is 5.69 Å². The van der Waals surface area contributed by atoms with Gasteiger partial charge in [-0.25, -0.2) is 0 Å². The van der Waals surface area contributed by atoms with Gasteiger partial charge in [0.1, 0.15) is 4.90 Å². The molecule has 0 aliphatic heterocycles. The largest absolute Gasteiger partial charge is 0.321 e. The minimum atomic E-state index is -4.41. The highest BCUT2D eigenvalue weighted by Gasteiger charge is 2.17. The molecule has 2 rings (SSSR count). The first-order valence-electron chi connectivity index (χ1n) is 6.23. The highest BCUT2D eigenvalue weighted by Crippen LogP contribution is 2.23. The van der Waals surface area contributed by atoms with Gasteiger partial charge in [0.2, 0.25) is 0 Å². The Morgan fingerprint density at radius 1 is 1.00 bits per heavy atom. The van der Waals surface area contributed by atoms with E-state index in [1.165, 1.54) is 12.1 Å². The van der Waals surface area contributed by atoms with Gasteiger partial charge >= 0.3 is 0 Å². The van der Waals surface area contributed by atoms with Gasteiger partial charge in [0.25, 0.3) is 16.0 Å². The molecule has 0 radical (unpaired) electrons. The first-order chi connectivity index (χ1) is 9.77. The maximum atomic E-state index is 12.1. The maximum absolute atomic E-state index is 12.1. The van der Waals surface area contributed by atoms with Crippen LogP contribution in [0, 0.1) is 13.8 Å². The van der Waals surface area contributed by atoms with E-state index in [1.54, 1.807) is 37.3 Å². The minimum Gasteiger partial charge on any atom is -0.321 e. The summed E-state index contributed by atoms with van der Waals surface area (Å²) in [6.45, 7) is 3.60. The quantitative estimate of drug-likeness (QED) is 0.854. The molecule has 6 heteroatoms. The molecule has 21 heavy (non-hydrogen) atoms. The van der Waals surface area contributed by atoms with Crippen LogP contribution in [-0.4, -0.2) is 18.9 Å². The average molecular weight is 305 g/mol. The summed E-state index contributed by atoms with van der Waals surface area (Å²) < 4.78 is 32.0. The monoisotopic (exact) mass is 305 g/mol. The van der Waals surface area contributed by atoms with Gasteiger partial charge in [-0.05, 0) is 43.7 Å². The Kier molecular flexibility index (Phi) is 4.11. The molecular weight excluding hydrogens is 290 g/mol. The van der Waals surface area contributed by atoms with E-state index in [2.05, 4.69) is 5.32 Å². The van der Waals surface area contributed by atoms with Gasteiger partial charge < -0.3 is 5.32 Å². The van der Waals surface area contributed by atoms with Crippen LogP contribution in [0.2, 0.25) is 0 Å². The molecule has 0 saturated carbocycles. The summed E-state index contributed by atoms with van der Waals surface area (Å²) in [5, 5.41) is 2.50. The molecular formula is C15H15NO4S. The van der Waals surface area contributed by atoms with E-state index in [9.17, 15) is 17.8 Å². The summed E-state index contributed by atoms with van der Waals surface area (Å²) in [5.74, 6) is -0.441. The van der Waals surface area contributed by atoms with E-state index in [4.69, 9.17) is 0 Å². The molecule has 0 bridgehead atoms. The van der Waals surface area contributed by atoms with Crippen molar-refractivity contribution in [2.45, 2.75) is 18.7 Å². The molecule has 2 aromatic rings. The molecule has 2 aromatic carbocycles. The summed E-state index contributed by atoms with van der Waals surface area (Å²) in [5.41, 5.74) is 2.13. The van der Waals surface area contributed by atoms with Crippen molar-refractivity contribution in [3.63, 3.8) is 0 Å². The number of carbonyl (C=O) groups is 1. The van der Waals surface area contributed by atoms with Gasteiger partial charge in [-0.3, -0.25) is 9.35 Å². The summed E-state index contributed by atoms with van der Waals surface area (Å²) in [6, 6.07) is 11.3. The molecule has 0 heterocycles. The van der Waals surface area contributed by atoms with Crippen molar-refractivity contribution in [3.05, 3.63) is 59.2 Å². The van der Waals surface area contributed by atoms with E-state index in [-0.39, 0.29) is 10.6 Å². The molecule has 110 valence electrons. The standard InChI is InChI=1S/C15H15NO4S/c1-10-3-6-12(7-4-10)15(17)16-13-8-5-11(2)9-14(13)21(18,19)20/h3-9H,1-2H3,(H,16,17)(H,18,19,20). The zero-order valence-corrected chi connectivity index (χ0v) is 12.4. The number of aryl methyl sites for hydroxylation is 2. The molecule has 0 atom stereocenters. The first-order valence-corrected chi connectivity index (χ1v) is 7.67. The third-order valence-corrected chi connectivity index (χ3v) is 3.87. The Morgan fingerprint density at radius 3 is 2.14 bits per heavy atom. The number of hydrogen-bond donors (Lipinski definition) is 2. The molecule has 0 aliphatic carbocycles. The summed E-state index contributed by atoms with van der Waals surface area (Å²) in [4.78, 5) is 11.8. The number of nitrogens with one attached hydrogen (secondary N) is 1. The van der Waals surface area contributed by atoms with Gasteiger partial charge in [-0.15, -0.1) is 0 Å². The zero-order chi connectivity index (χ0) is 15.6. The molecule has 0 spiro atoms. The molecule has 2 N–H and O–H groups in total. The van der Waals surface area contributed by atoms with Crippen LogP contribution in [0.3, 0.4) is 0 Å². The second-order valence-corrected chi connectivity index (χ2v) is 6.18. The van der Waals surface area contributed by atoms with Crippen LogP contribution < -0.4 is 5.32 Å². The smallest absolute Gasteiger partial charge is 0.296 e. The highest BCUT2D eigenvalue weighted by atomic mass is 32.2. The van der Waals surface area contributed by atoms with Crippen molar-refractivity contribution >= 4 is 21.7 Å². The second-order valence-electron chi connectivity index (χ2n) is 4.79. The van der Waals surface area contributed by atoms with E-state index in [0.29, 0.717) is 11.1 Å². The van der Waals surface area contributed by atoms with Crippen molar-refractivity contribution in [2.75, 3.05) is 5.32 Å². The van der Waals surface area contributed by atoms with Crippen molar-refractivity contribution in [1.82, 2.24) is 0 Å². The Labute approximate surface area is 123 Å². The third-order valence-electron chi connectivity index (χ3n) is 2.98. The average Bonchev–Trinajstić information content (AvgIpc) is 2.40. The molecule has 0 unspecified atom stereocenters. The van der Waals surface area contributed by atoms with Crippen molar-refractivity contribution in [1.29, 1.82) is 0 Å². The summed E-state index contributed by atoms with van der Waals surface area (Å²) >= 11 is 0. The van der Waals surface area contributed by atoms with Crippen LogP contribution >= 0.6 is 0 Å². The predicted molar refractivity (Wildman–Crippen MR) is 80.1 cm³/mol. The molecule has 1 amide bonds. The normalized spacial score (nSPS) is 11.2. The number of benzene rings is 2. The lowest BCUT2D eigenvalue weighted by Crippen LogP contribution is -2.14. The Hall–Kier alpha value is -2.18. The van der Waals surface area contributed by atoms with E-state index in [1.807, 2.05) is 6.92 Å².